The number of aliphatic carboxylic acids is 1. The maximum Gasteiger partial charge on any atom is 0.320 e. The van der Waals surface area contributed by atoms with Gasteiger partial charge in [-0.2, -0.15) is 0 Å². The summed E-state index contributed by atoms with van der Waals surface area (Å²) in [7, 11) is 0. The summed E-state index contributed by atoms with van der Waals surface area (Å²) < 4.78 is 0. The highest BCUT2D eigenvalue weighted by atomic mass is 16.4. The van der Waals surface area contributed by atoms with Gasteiger partial charge >= 0.3 is 5.97 Å². The molecule has 1 saturated heterocycles. The van der Waals surface area contributed by atoms with Gasteiger partial charge < -0.3 is 10.4 Å². The van der Waals surface area contributed by atoms with Gasteiger partial charge in [0.05, 0.1) is 0 Å². The summed E-state index contributed by atoms with van der Waals surface area (Å²) in [5.41, 5.74) is 0. The van der Waals surface area contributed by atoms with Gasteiger partial charge in [0.25, 0.3) is 0 Å². The summed E-state index contributed by atoms with van der Waals surface area (Å²) in [6.45, 7) is 7.01. The van der Waals surface area contributed by atoms with E-state index < -0.39 is 5.97 Å². The zero-order chi connectivity index (χ0) is 12.0. The number of carboxylic acids is 1. The Labute approximate surface area is 98.0 Å². The summed E-state index contributed by atoms with van der Waals surface area (Å²) in [5, 5.41) is 12.6. The summed E-state index contributed by atoms with van der Waals surface area (Å²) in [6.07, 6.45) is 3.78. The molecule has 0 amide bonds. The molecule has 0 radical (unpaired) electrons. The highest BCUT2D eigenvalue weighted by Gasteiger charge is 2.31. The van der Waals surface area contributed by atoms with E-state index in [1.807, 2.05) is 6.92 Å². The number of carbonyl (C=O) groups is 1. The minimum atomic E-state index is -0.665. The average Bonchev–Trinajstić information content (AvgIpc) is 2.76. The van der Waals surface area contributed by atoms with E-state index in [4.69, 9.17) is 0 Å². The van der Waals surface area contributed by atoms with Crippen LogP contribution >= 0.6 is 0 Å². The van der Waals surface area contributed by atoms with Gasteiger partial charge in [-0.05, 0) is 32.4 Å². The predicted octanol–water partition coefficient (Wildman–Crippen LogP) is 1.31. The number of nitrogens with zero attached hydrogens (tertiary/aromatic N) is 1. The van der Waals surface area contributed by atoms with Crippen molar-refractivity contribution in [2.45, 2.75) is 51.6 Å². The third-order valence-corrected chi connectivity index (χ3v) is 3.23. The van der Waals surface area contributed by atoms with Gasteiger partial charge in [0.15, 0.2) is 0 Å². The Morgan fingerprint density at radius 2 is 2.25 bits per heavy atom. The Balaban J connectivity index is 2.67. The Morgan fingerprint density at radius 3 is 2.69 bits per heavy atom. The molecule has 1 aliphatic rings. The maximum atomic E-state index is 11.3. The predicted molar refractivity (Wildman–Crippen MR) is 64.6 cm³/mol. The van der Waals surface area contributed by atoms with Crippen LogP contribution in [-0.4, -0.2) is 47.7 Å². The molecule has 2 unspecified atom stereocenters. The van der Waals surface area contributed by atoms with Crippen molar-refractivity contribution in [1.29, 1.82) is 0 Å². The SMILES string of the molecule is CCCC(C(=O)O)N(CCC)C1CCNC1. The van der Waals surface area contributed by atoms with Crippen molar-refractivity contribution < 1.29 is 9.90 Å². The van der Waals surface area contributed by atoms with Crippen molar-refractivity contribution in [2.75, 3.05) is 19.6 Å². The quantitative estimate of drug-likeness (QED) is 0.690. The molecule has 1 rings (SSSR count). The highest BCUT2D eigenvalue weighted by Crippen LogP contribution is 2.16. The van der Waals surface area contributed by atoms with E-state index in [9.17, 15) is 9.90 Å². The van der Waals surface area contributed by atoms with Crippen molar-refractivity contribution in [2.24, 2.45) is 0 Å². The summed E-state index contributed by atoms with van der Waals surface area (Å²) in [4.78, 5) is 13.5. The molecule has 0 bridgehead atoms. The Hall–Kier alpha value is -0.610. The third kappa shape index (κ3) is 3.46. The molecule has 1 aliphatic heterocycles. The second kappa shape index (κ2) is 6.86. The van der Waals surface area contributed by atoms with Crippen molar-refractivity contribution in [1.82, 2.24) is 10.2 Å². The molecule has 16 heavy (non-hydrogen) atoms. The second-order valence-electron chi connectivity index (χ2n) is 4.53. The highest BCUT2D eigenvalue weighted by molar-refractivity contribution is 5.73. The molecule has 2 atom stereocenters. The lowest BCUT2D eigenvalue weighted by molar-refractivity contribution is -0.144. The number of hydrogen-bond acceptors (Lipinski definition) is 3. The molecule has 2 N–H and O–H groups in total. The fraction of sp³-hybridized carbons (Fsp3) is 0.917. The zero-order valence-corrected chi connectivity index (χ0v) is 10.4. The second-order valence-corrected chi connectivity index (χ2v) is 4.53. The summed E-state index contributed by atoms with van der Waals surface area (Å²) in [6, 6.07) is 0.113. The van der Waals surface area contributed by atoms with E-state index >= 15 is 0 Å². The number of carboxylic acid groups (broad SMARTS) is 1. The van der Waals surface area contributed by atoms with Gasteiger partial charge in [0.2, 0.25) is 0 Å². The van der Waals surface area contributed by atoms with E-state index in [1.54, 1.807) is 0 Å². The number of rotatable bonds is 7. The Bertz CT molecular complexity index is 215. The first-order chi connectivity index (χ1) is 7.70. The van der Waals surface area contributed by atoms with Gasteiger partial charge in [-0.25, -0.2) is 0 Å². The van der Waals surface area contributed by atoms with Crippen LogP contribution in [0.25, 0.3) is 0 Å². The van der Waals surface area contributed by atoms with Crippen LogP contribution < -0.4 is 5.32 Å². The first-order valence-electron chi connectivity index (χ1n) is 6.40. The van der Waals surface area contributed by atoms with Gasteiger partial charge in [0, 0.05) is 12.6 Å². The van der Waals surface area contributed by atoms with Crippen molar-refractivity contribution in [3.63, 3.8) is 0 Å². The molecule has 4 heteroatoms. The van der Waals surface area contributed by atoms with Crippen LogP contribution in [0.3, 0.4) is 0 Å². The lowest BCUT2D eigenvalue weighted by atomic mass is 10.1. The van der Waals surface area contributed by atoms with E-state index in [0.717, 1.165) is 45.3 Å². The van der Waals surface area contributed by atoms with E-state index in [-0.39, 0.29) is 6.04 Å². The summed E-state index contributed by atoms with van der Waals surface area (Å²) in [5.74, 6) is -0.665. The lowest BCUT2D eigenvalue weighted by Crippen LogP contribution is -2.48. The monoisotopic (exact) mass is 228 g/mol. The van der Waals surface area contributed by atoms with Gasteiger partial charge in [-0.1, -0.05) is 20.3 Å². The fourth-order valence-electron chi connectivity index (χ4n) is 2.48. The normalized spacial score (nSPS) is 22.6. The minimum Gasteiger partial charge on any atom is -0.480 e. The van der Waals surface area contributed by atoms with Crippen molar-refractivity contribution in [3.8, 4) is 0 Å². The van der Waals surface area contributed by atoms with Gasteiger partial charge in [-0.15, -0.1) is 0 Å². The topological polar surface area (TPSA) is 52.6 Å². The van der Waals surface area contributed by atoms with Crippen molar-refractivity contribution in [3.05, 3.63) is 0 Å². The maximum absolute atomic E-state index is 11.3. The largest absolute Gasteiger partial charge is 0.480 e. The van der Waals surface area contributed by atoms with Crippen LogP contribution in [0.5, 0.6) is 0 Å². The molecular formula is C12H24N2O2. The first kappa shape index (κ1) is 13.5. The lowest BCUT2D eigenvalue weighted by Gasteiger charge is -2.33. The van der Waals surface area contributed by atoms with Crippen LogP contribution in [0, 0.1) is 0 Å². The van der Waals surface area contributed by atoms with Crippen LogP contribution in [0.1, 0.15) is 39.5 Å². The fourth-order valence-corrected chi connectivity index (χ4v) is 2.48. The van der Waals surface area contributed by atoms with E-state index in [1.165, 1.54) is 0 Å². The van der Waals surface area contributed by atoms with Gasteiger partial charge in [0.1, 0.15) is 6.04 Å². The van der Waals surface area contributed by atoms with Crippen LogP contribution in [-0.2, 0) is 4.79 Å². The van der Waals surface area contributed by atoms with E-state index in [2.05, 4.69) is 17.1 Å². The Morgan fingerprint density at radius 1 is 1.50 bits per heavy atom. The van der Waals surface area contributed by atoms with Crippen LogP contribution in [0.15, 0.2) is 0 Å². The molecule has 0 spiro atoms. The molecule has 0 saturated carbocycles. The molecule has 0 aromatic heterocycles. The number of hydrogen-bond donors (Lipinski definition) is 2. The molecule has 0 aromatic carbocycles. The molecular weight excluding hydrogens is 204 g/mol. The standard InChI is InChI=1S/C12H24N2O2/c1-3-5-11(12(15)16)14(8-4-2)10-6-7-13-9-10/h10-11,13H,3-9H2,1-2H3,(H,15,16). The smallest absolute Gasteiger partial charge is 0.320 e. The third-order valence-electron chi connectivity index (χ3n) is 3.23. The molecule has 0 aromatic rings. The first-order valence-corrected chi connectivity index (χ1v) is 6.40. The Kier molecular flexibility index (Phi) is 5.77. The summed E-state index contributed by atoms with van der Waals surface area (Å²) >= 11 is 0. The molecule has 1 fully saturated rings. The van der Waals surface area contributed by atoms with E-state index in [0.29, 0.717) is 6.04 Å². The van der Waals surface area contributed by atoms with Crippen LogP contribution in [0.2, 0.25) is 0 Å². The molecule has 1 heterocycles. The average molecular weight is 228 g/mol. The van der Waals surface area contributed by atoms with Crippen LogP contribution in [0.4, 0.5) is 0 Å². The van der Waals surface area contributed by atoms with Crippen molar-refractivity contribution >= 4 is 5.97 Å². The molecule has 94 valence electrons. The molecule has 4 nitrogen and oxygen atoms in total. The van der Waals surface area contributed by atoms with Gasteiger partial charge in [-0.3, -0.25) is 9.69 Å². The molecule has 0 aliphatic carbocycles. The zero-order valence-electron chi connectivity index (χ0n) is 10.4. The number of nitrogens with one attached hydrogen (secondary N) is 1. The minimum absolute atomic E-state index is 0.296.